The highest BCUT2D eigenvalue weighted by Crippen LogP contribution is 2.42. The van der Waals surface area contributed by atoms with Gasteiger partial charge in [0.05, 0.1) is 0 Å². The van der Waals surface area contributed by atoms with Crippen LogP contribution >= 0.6 is 0 Å². The molecule has 1 aliphatic carbocycles. The minimum atomic E-state index is -0.229. The van der Waals surface area contributed by atoms with Crippen LogP contribution in [0.4, 0.5) is 4.39 Å². The summed E-state index contributed by atoms with van der Waals surface area (Å²) < 4.78 is 12.7. The fourth-order valence-corrected chi connectivity index (χ4v) is 3.24. The summed E-state index contributed by atoms with van der Waals surface area (Å²) in [5, 5.41) is 3.74. The van der Waals surface area contributed by atoms with E-state index in [2.05, 4.69) is 37.9 Å². The first kappa shape index (κ1) is 13.3. The van der Waals surface area contributed by atoms with Crippen LogP contribution in [0.1, 0.15) is 40.5 Å². The van der Waals surface area contributed by atoms with Crippen molar-refractivity contribution in [3.63, 3.8) is 0 Å². The molecule has 2 nitrogen and oxygen atoms in total. The third-order valence-corrected chi connectivity index (χ3v) is 4.52. The summed E-state index contributed by atoms with van der Waals surface area (Å²) in [5.74, 6) is 0.811. The van der Waals surface area contributed by atoms with Crippen LogP contribution in [0, 0.1) is 11.3 Å². The molecule has 2 aliphatic rings. The molecule has 2 atom stereocenters. The maximum atomic E-state index is 12.7. The Morgan fingerprint density at radius 3 is 2.47 bits per heavy atom. The number of rotatable bonds is 3. The standard InChI is InChI=1S/C14H27FN2/c1-13(2,3)12-9-16-14(4,11-5-6-11)10-17(12)8-7-15/h11-12,16H,5-10H2,1-4H3. The van der Waals surface area contributed by atoms with E-state index >= 15 is 0 Å². The molecule has 100 valence electrons. The summed E-state index contributed by atoms with van der Waals surface area (Å²) in [6, 6.07) is 0.449. The summed E-state index contributed by atoms with van der Waals surface area (Å²) in [5.41, 5.74) is 0.434. The molecule has 17 heavy (non-hydrogen) atoms. The predicted octanol–water partition coefficient (Wildman–Crippen LogP) is 2.44. The van der Waals surface area contributed by atoms with E-state index in [1.807, 2.05) is 0 Å². The molecule has 2 fully saturated rings. The van der Waals surface area contributed by atoms with Gasteiger partial charge in [0, 0.05) is 31.2 Å². The first-order valence-electron chi connectivity index (χ1n) is 6.92. The highest BCUT2D eigenvalue weighted by atomic mass is 19.1. The van der Waals surface area contributed by atoms with Gasteiger partial charge in [-0.05, 0) is 31.1 Å². The lowest BCUT2D eigenvalue weighted by Gasteiger charge is -2.50. The van der Waals surface area contributed by atoms with Crippen LogP contribution in [0.15, 0.2) is 0 Å². The molecule has 2 rings (SSSR count). The Balaban J connectivity index is 2.07. The summed E-state index contributed by atoms with van der Waals surface area (Å²) in [6.45, 7) is 11.4. The molecule has 1 saturated heterocycles. The van der Waals surface area contributed by atoms with Crippen molar-refractivity contribution >= 4 is 0 Å². The van der Waals surface area contributed by atoms with Gasteiger partial charge in [-0.25, -0.2) is 4.39 Å². The molecule has 0 amide bonds. The maximum absolute atomic E-state index is 12.7. The number of piperazine rings is 1. The molecule has 0 spiro atoms. The van der Waals surface area contributed by atoms with E-state index in [-0.39, 0.29) is 17.6 Å². The SMILES string of the molecule is CC(C)(C)C1CNC(C)(C2CC2)CN1CCF. The quantitative estimate of drug-likeness (QED) is 0.818. The van der Waals surface area contributed by atoms with Crippen LogP contribution in [0.3, 0.4) is 0 Å². The lowest BCUT2D eigenvalue weighted by Crippen LogP contribution is -2.66. The van der Waals surface area contributed by atoms with Gasteiger partial charge in [-0.15, -0.1) is 0 Å². The monoisotopic (exact) mass is 242 g/mol. The average molecular weight is 242 g/mol. The molecule has 0 aromatic carbocycles. The second kappa shape index (κ2) is 4.51. The van der Waals surface area contributed by atoms with Crippen molar-refractivity contribution in [3.05, 3.63) is 0 Å². The van der Waals surface area contributed by atoms with Gasteiger partial charge in [-0.3, -0.25) is 4.90 Å². The third-order valence-electron chi connectivity index (χ3n) is 4.52. The summed E-state index contributed by atoms with van der Waals surface area (Å²) in [7, 11) is 0. The Labute approximate surface area is 105 Å². The van der Waals surface area contributed by atoms with E-state index in [0.29, 0.717) is 12.6 Å². The fourth-order valence-electron chi connectivity index (χ4n) is 3.24. The molecule has 0 aromatic heterocycles. The van der Waals surface area contributed by atoms with E-state index < -0.39 is 0 Å². The van der Waals surface area contributed by atoms with Crippen LogP contribution in [0.25, 0.3) is 0 Å². The summed E-state index contributed by atoms with van der Waals surface area (Å²) in [6.07, 6.45) is 2.68. The molecule has 0 radical (unpaired) electrons. The zero-order chi connectivity index (χ0) is 12.7. The van der Waals surface area contributed by atoms with E-state index in [1.165, 1.54) is 12.8 Å². The lowest BCUT2D eigenvalue weighted by molar-refractivity contribution is 0.0169. The number of halogens is 1. The molecular formula is C14H27FN2. The van der Waals surface area contributed by atoms with Gasteiger partial charge in [0.25, 0.3) is 0 Å². The molecule has 3 heteroatoms. The first-order valence-corrected chi connectivity index (χ1v) is 6.92. The van der Waals surface area contributed by atoms with Crippen LogP contribution in [0.5, 0.6) is 0 Å². The van der Waals surface area contributed by atoms with Crippen LogP contribution in [-0.2, 0) is 0 Å². The van der Waals surface area contributed by atoms with Gasteiger partial charge in [-0.1, -0.05) is 20.8 Å². The van der Waals surface area contributed by atoms with Gasteiger partial charge in [0.1, 0.15) is 6.67 Å². The Morgan fingerprint density at radius 1 is 1.35 bits per heavy atom. The molecule has 1 N–H and O–H groups in total. The lowest BCUT2D eigenvalue weighted by atomic mass is 9.81. The zero-order valence-electron chi connectivity index (χ0n) is 11.7. The van der Waals surface area contributed by atoms with Crippen molar-refractivity contribution < 1.29 is 4.39 Å². The van der Waals surface area contributed by atoms with E-state index in [1.54, 1.807) is 0 Å². The minimum absolute atomic E-state index is 0.215. The number of alkyl halides is 1. The van der Waals surface area contributed by atoms with Crippen LogP contribution in [-0.4, -0.2) is 42.8 Å². The van der Waals surface area contributed by atoms with Crippen LogP contribution < -0.4 is 5.32 Å². The number of nitrogens with zero attached hydrogens (tertiary/aromatic N) is 1. The first-order chi connectivity index (χ1) is 7.87. The Kier molecular flexibility index (Phi) is 3.52. The highest BCUT2D eigenvalue weighted by Gasteiger charge is 2.47. The van der Waals surface area contributed by atoms with Gasteiger partial charge in [-0.2, -0.15) is 0 Å². The molecule has 2 unspecified atom stereocenters. The molecule has 0 bridgehead atoms. The second-order valence-corrected chi connectivity index (χ2v) is 7.11. The average Bonchev–Trinajstić information content (AvgIpc) is 2.99. The predicted molar refractivity (Wildman–Crippen MR) is 69.9 cm³/mol. The van der Waals surface area contributed by atoms with E-state index in [4.69, 9.17) is 0 Å². The fraction of sp³-hybridized carbons (Fsp3) is 1.00. The minimum Gasteiger partial charge on any atom is -0.308 e. The third kappa shape index (κ3) is 2.82. The summed E-state index contributed by atoms with van der Waals surface area (Å²) in [4.78, 5) is 2.37. The van der Waals surface area contributed by atoms with Crippen molar-refractivity contribution in [3.8, 4) is 0 Å². The molecule has 0 aromatic rings. The number of nitrogens with one attached hydrogen (secondary N) is 1. The van der Waals surface area contributed by atoms with Crippen molar-refractivity contribution in [1.82, 2.24) is 10.2 Å². The van der Waals surface area contributed by atoms with Crippen LogP contribution in [0.2, 0.25) is 0 Å². The van der Waals surface area contributed by atoms with Crippen molar-refractivity contribution in [2.24, 2.45) is 11.3 Å². The molecule has 1 saturated carbocycles. The van der Waals surface area contributed by atoms with Gasteiger partial charge < -0.3 is 5.32 Å². The smallest absolute Gasteiger partial charge is 0.102 e. The summed E-state index contributed by atoms with van der Waals surface area (Å²) >= 11 is 0. The van der Waals surface area contributed by atoms with Crippen molar-refractivity contribution in [1.29, 1.82) is 0 Å². The topological polar surface area (TPSA) is 15.3 Å². The Bertz CT molecular complexity index is 270. The second-order valence-electron chi connectivity index (χ2n) is 7.11. The normalized spacial score (nSPS) is 36.2. The zero-order valence-corrected chi connectivity index (χ0v) is 11.7. The van der Waals surface area contributed by atoms with Crippen molar-refractivity contribution in [2.45, 2.75) is 52.1 Å². The van der Waals surface area contributed by atoms with E-state index in [9.17, 15) is 4.39 Å². The molecular weight excluding hydrogens is 215 g/mol. The van der Waals surface area contributed by atoms with Gasteiger partial charge in [0.2, 0.25) is 0 Å². The number of hydrogen-bond acceptors (Lipinski definition) is 2. The largest absolute Gasteiger partial charge is 0.308 e. The molecule has 1 heterocycles. The van der Waals surface area contributed by atoms with Gasteiger partial charge in [0.15, 0.2) is 0 Å². The van der Waals surface area contributed by atoms with Crippen molar-refractivity contribution in [2.75, 3.05) is 26.3 Å². The molecule has 1 aliphatic heterocycles. The number of hydrogen-bond donors (Lipinski definition) is 1. The Morgan fingerprint density at radius 2 is 2.00 bits per heavy atom. The maximum Gasteiger partial charge on any atom is 0.102 e. The highest BCUT2D eigenvalue weighted by molar-refractivity contribution is 5.05. The van der Waals surface area contributed by atoms with Gasteiger partial charge >= 0.3 is 0 Å². The Hall–Kier alpha value is -0.150. The van der Waals surface area contributed by atoms with E-state index in [0.717, 1.165) is 19.0 Å².